The largest absolute Gasteiger partial charge is 0.496 e. The van der Waals surface area contributed by atoms with Crippen molar-refractivity contribution in [2.45, 2.75) is 6.61 Å². The minimum atomic E-state index is -2.91. The van der Waals surface area contributed by atoms with Gasteiger partial charge in [0.05, 0.1) is 7.11 Å². The van der Waals surface area contributed by atoms with Crippen molar-refractivity contribution in [1.29, 1.82) is 0 Å². The summed E-state index contributed by atoms with van der Waals surface area (Å²) >= 11 is 0. The van der Waals surface area contributed by atoms with Gasteiger partial charge in [-0.05, 0) is 0 Å². The Morgan fingerprint density at radius 1 is 1.44 bits per heavy atom. The summed E-state index contributed by atoms with van der Waals surface area (Å²) in [5.41, 5.74) is 5.76. The second kappa shape index (κ2) is 3.84. The van der Waals surface area contributed by atoms with Gasteiger partial charge in [-0.25, -0.2) is 0 Å². The van der Waals surface area contributed by atoms with Crippen LogP contribution in [0.4, 0.5) is 14.6 Å². The molecule has 1 aromatic carbocycles. The molecule has 2 rings (SSSR count). The van der Waals surface area contributed by atoms with Gasteiger partial charge in [0.2, 0.25) is 0 Å². The molecule has 0 aliphatic heterocycles. The highest BCUT2D eigenvalue weighted by atomic mass is 19.3. The van der Waals surface area contributed by atoms with Crippen molar-refractivity contribution < 1.29 is 22.8 Å². The van der Waals surface area contributed by atoms with Gasteiger partial charge in [0.25, 0.3) is 0 Å². The number of rotatable bonds is 3. The van der Waals surface area contributed by atoms with E-state index in [4.69, 9.17) is 15.0 Å². The van der Waals surface area contributed by atoms with Crippen LogP contribution in [0.25, 0.3) is 11.0 Å². The molecular weight excluding hydrogens is 222 g/mol. The third-order valence-electron chi connectivity index (χ3n) is 1.98. The lowest BCUT2D eigenvalue weighted by Crippen LogP contribution is -2.02. The molecule has 86 valence electrons. The minimum Gasteiger partial charge on any atom is -0.496 e. The van der Waals surface area contributed by atoms with Crippen LogP contribution in [-0.2, 0) is 0 Å². The Hall–Kier alpha value is -2.05. The highest BCUT2D eigenvalue weighted by Gasteiger charge is 2.15. The van der Waals surface area contributed by atoms with Crippen LogP contribution in [0.3, 0.4) is 0 Å². The van der Waals surface area contributed by atoms with E-state index in [1.54, 1.807) is 0 Å². The van der Waals surface area contributed by atoms with Crippen LogP contribution >= 0.6 is 0 Å². The fraction of sp³-hybridized carbons (Fsp3) is 0.222. The summed E-state index contributed by atoms with van der Waals surface area (Å²) in [6.07, 6.45) is 0. The molecule has 0 aliphatic rings. The first-order chi connectivity index (χ1) is 7.61. The maximum atomic E-state index is 12.0. The van der Waals surface area contributed by atoms with Crippen LogP contribution in [0.1, 0.15) is 0 Å². The molecule has 0 bridgehead atoms. The van der Waals surface area contributed by atoms with Crippen molar-refractivity contribution in [2.24, 2.45) is 0 Å². The first kappa shape index (κ1) is 10.5. The van der Waals surface area contributed by atoms with E-state index >= 15 is 0 Å². The fourth-order valence-electron chi connectivity index (χ4n) is 1.37. The maximum Gasteiger partial charge on any atom is 0.387 e. The van der Waals surface area contributed by atoms with Gasteiger partial charge in [-0.2, -0.15) is 8.78 Å². The number of ether oxygens (including phenoxy) is 2. The van der Waals surface area contributed by atoms with Gasteiger partial charge in [-0.15, -0.1) is 0 Å². The summed E-state index contributed by atoms with van der Waals surface area (Å²) in [7, 11) is 1.38. The molecule has 0 amide bonds. The number of alkyl halides is 2. The van der Waals surface area contributed by atoms with Crippen molar-refractivity contribution in [3.8, 4) is 11.5 Å². The Bertz CT molecular complexity index is 513. The van der Waals surface area contributed by atoms with Crippen LogP contribution in [0.15, 0.2) is 16.7 Å². The van der Waals surface area contributed by atoms with Crippen LogP contribution < -0.4 is 15.2 Å². The number of anilines is 1. The summed E-state index contributed by atoms with van der Waals surface area (Å²) in [6.45, 7) is -2.91. The molecule has 0 saturated heterocycles. The lowest BCUT2D eigenvalue weighted by Gasteiger charge is -2.06. The van der Waals surface area contributed by atoms with Crippen molar-refractivity contribution in [3.63, 3.8) is 0 Å². The first-order valence-corrected chi connectivity index (χ1v) is 4.29. The standard InChI is InChI=1S/C9H8F2N2O3/c1-14-5-2-4(15-9(10)11)3-6-7(5)8(12)13-16-6/h2-3,9H,1H3,(H2,12,13). The highest BCUT2D eigenvalue weighted by Crippen LogP contribution is 2.35. The van der Waals surface area contributed by atoms with Gasteiger partial charge in [0, 0.05) is 12.1 Å². The Kier molecular flexibility index (Phi) is 2.51. The maximum absolute atomic E-state index is 12.0. The summed E-state index contributed by atoms with van der Waals surface area (Å²) < 4.78 is 38.1. The zero-order valence-electron chi connectivity index (χ0n) is 8.24. The van der Waals surface area contributed by atoms with Gasteiger partial charge >= 0.3 is 6.61 Å². The SMILES string of the molecule is COc1cc(OC(F)F)cc2onc(N)c12. The number of nitrogen functional groups attached to an aromatic ring is 1. The third-order valence-corrected chi connectivity index (χ3v) is 1.98. The van der Waals surface area contributed by atoms with Crippen LogP contribution in [0, 0.1) is 0 Å². The molecule has 5 nitrogen and oxygen atoms in total. The minimum absolute atomic E-state index is 0.0736. The van der Waals surface area contributed by atoms with Gasteiger partial charge in [0.15, 0.2) is 11.4 Å². The third kappa shape index (κ3) is 1.71. The average molecular weight is 230 g/mol. The molecule has 0 unspecified atom stereocenters. The average Bonchev–Trinajstić information content (AvgIpc) is 2.58. The Morgan fingerprint density at radius 3 is 2.81 bits per heavy atom. The van der Waals surface area contributed by atoms with E-state index < -0.39 is 6.61 Å². The normalized spacial score (nSPS) is 11.0. The Morgan fingerprint density at radius 2 is 2.19 bits per heavy atom. The summed E-state index contributed by atoms with van der Waals surface area (Å²) in [5, 5.41) is 3.94. The fourth-order valence-corrected chi connectivity index (χ4v) is 1.37. The zero-order valence-corrected chi connectivity index (χ0v) is 8.24. The number of hydrogen-bond acceptors (Lipinski definition) is 5. The number of fused-ring (bicyclic) bond motifs is 1. The summed E-state index contributed by atoms with van der Waals surface area (Å²) in [5.74, 6) is 0.331. The van der Waals surface area contributed by atoms with E-state index in [0.29, 0.717) is 5.39 Å². The number of benzene rings is 1. The van der Waals surface area contributed by atoms with E-state index in [2.05, 4.69) is 9.89 Å². The van der Waals surface area contributed by atoms with Gasteiger partial charge in [0.1, 0.15) is 16.9 Å². The number of nitrogens with zero attached hydrogens (tertiary/aromatic N) is 1. The predicted octanol–water partition coefficient (Wildman–Crippen LogP) is 2.02. The van der Waals surface area contributed by atoms with E-state index in [9.17, 15) is 8.78 Å². The van der Waals surface area contributed by atoms with Gasteiger partial charge in [-0.3, -0.25) is 0 Å². The molecule has 0 spiro atoms. The predicted molar refractivity (Wildman–Crippen MR) is 51.6 cm³/mol. The molecule has 0 saturated carbocycles. The quantitative estimate of drug-likeness (QED) is 0.873. The van der Waals surface area contributed by atoms with Gasteiger partial charge < -0.3 is 19.7 Å². The molecule has 0 aliphatic carbocycles. The number of halogens is 2. The lowest BCUT2D eigenvalue weighted by molar-refractivity contribution is -0.0498. The van der Waals surface area contributed by atoms with Crippen LogP contribution in [0.2, 0.25) is 0 Å². The van der Waals surface area contributed by atoms with Crippen LogP contribution in [0.5, 0.6) is 11.5 Å². The molecule has 0 radical (unpaired) electrons. The monoisotopic (exact) mass is 230 g/mol. The van der Waals surface area contributed by atoms with Crippen molar-refractivity contribution in [1.82, 2.24) is 5.16 Å². The van der Waals surface area contributed by atoms with E-state index in [-0.39, 0.29) is 22.9 Å². The molecular formula is C9H8F2N2O3. The molecule has 2 aromatic rings. The zero-order chi connectivity index (χ0) is 11.7. The smallest absolute Gasteiger partial charge is 0.387 e. The number of methoxy groups -OCH3 is 1. The van der Waals surface area contributed by atoms with Crippen LogP contribution in [-0.4, -0.2) is 18.9 Å². The molecule has 2 N–H and O–H groups in total. The van der Waals surface area contributed by atoms with E-state index in [1.165, 1.54) is 19.2 Å². The topological polar surface area (TPSA) is 70.5 Å². The highest BCUT2D eigenvalue weighted by molar-refractivity contribution is 5.93. The second-order valence-electron chi connectivity index (χ2n) is 2.94. The van der Waals surface area contributed by atoms with E-state index in [0.717, 1.165) is 0 Å². The Labute approximate surface area is 88.7 Å². The molecule has 1 heterocycles. The second-order valence-corrected chi connectivity index (χ2v) is 2.94. The van der Waals surface area contributed by atoms with Crippen molar-refractivity contribution in [3.05, 3.63) is 12.1 Å². The van der Waals surface area contributed by atoms with Crippen molar-refractivity contribution in [2.75, 3.05) is 12.8 Å². The summed E-state index contributed by atoms with van der Waals surface area (Å²) in [4.78, 5) is 0. The first-order valence-electron chi connectivity index (χ1n) is 4.29. The molecule has 16 heavy (non-hydrogen) atoms. The molecule has 0 fully saturated rings. The molecule has 0 atom stereocenters. The number of hydrogen-bond donors (Lipinski definition) is 1. The number of nitrogens with two attached hydrogens (primary N) is 1. The lowest BCUT2D eigenvalue weighted by atomic mass is 10.2. The molecule has 7 heteroatoms. The number of aromatic nitrogens is 1. The van der Waals surface area contributed by atoms with Crippen molar-refractivity contribution >= 4 is 16.8 Å². The van der Waals surface area contributed by atoms with Gasteiger partial charge in [-0.1, -0.05) is 5.16 Å². The molecule has 1 aromatic heterocycles. The summed E-state index contributed by atoms with van der Waals surface area (Å²) in [6, 6.07) is 2.56. The van der Waals surface area contributed by atoms with E-state index in [1.807, 2.05) is 0 Å². The Balaban J connectivity index is 2.56.